The number of hydrogen-bond donors (Lipinski definition) is 1. The van der Waals surface area contributed by atoms with E-state index in [4.69, 9.17) is 0 Å². The van der Waals surface area contributed by atoms with E-state index in [9.17, 15) is 0 Å². The van der Waals surface area contributed by atoms with E-state index in [0.717, 1.165) is 29.8 Å². The topological polar surface area (TPSA) is 15.3 Å². The van der Waals surface area contributed by atoms with Crippen molar-refractivity contribution in [3.63, 3.8) is 0 Å². The molecular formula is C19H34N2. The molecule has 0 aromatic carbocycles. The molecule has 2 heteroatoms. The van der Waals surface area contributed by atoms with Gasteiger partial charge in [0.15, 0.2) is 0 Å². The number of piperidine rings is 1. The minimum absolute atomic E-state index is 0.653. The summed E-state index contributed by atoms with van der Waals surface area (Å²) >= 11 is 0. The summed E-state index contributed by atoms with van der Waals surface area (Å²) in [6.45, 7) is 5.10. The van der Waals surface area contributed by atoms with Crippen molar-refractivity contribution in [3.8, 4) is 0 Å². The van der Waals surface area contributed by atoms with Crippen LogP contribution in [0.25, 0.3) is 0 Å². The first kappa shape index (κ1) is 14.5. The molecule has 4 aliphatic carbocycles. The summed E-state index contributed by atoms with van der Waals surface area (Å²) in [6.07, 6.45) is 13.6. The maximum Gasteiger partial charge on any atom is 0.0248 e. The molecule has 2 atom stereocenters. The van der Waals surface area contributed by atoms with E-state index in [1.807, 2.05) is 0 Å². The fourth-order valence-corrected chi connectivity index (χ4v) is 6.86. The van der Waals surface area contributed by atoms with Crippen molar-refractivity contribution >= 4 is 0 Å². The van der Waals surface area contributed by atoms with Crippen LogP contribution in [0, 0.1) is 23.2 Å². The Kier molecular flexibility index (Phi) is 3.82. The maximum absolute atomic E-state index is 3.79. The summed E-state index contributed by atoms with van der Waals surface area (Å²) in [4.78, 5) is 2.79. The van der Waals surface area contributed by atoms with E-state index in [0.29, 0.717) is 5.41 Å². The normalized spacial score (nSPS) is 47.7. The Hall–Kier alpha value is -0.0800. The van der Waals surface area contributed by atoms with Gasteiger partial charge in [0, 0.05) is 18.6 Å². The molecule has 21 heavy (non-hydrogen) atoms. The zero-order valence-electron chi connectivity index (χ0n) is 14.1. The summed E-state index contributed by atoms with van der Waals surface area (Å²) in [5.74, 6) is 3.22. The Bertz CT molecular complexity index is 342. The third-order valence-electron chi connectivity index (χ3n) is 7.53. The lowest BCUT2D eigenvalue weighted by atomic mass is 9.47. The van der Waals surface area contributed by atoms with Gasteiger partial charge >= 0.3 is 0 Å². The van der Waals surface area contributed by atoms with Crippen LogP contribution >= 0.6 is 0 Å². The van der Waals surface area contributed by atoms with Crippen molar-refractivity contribution in [1.82, 2.24) is 10.2 Å². The molecule has 5 aliphatic rings. The van der Waals surface area contributed by atoms with Crippen molar-refractivity contribution in [2.24, 2.45) is 23.2 Å². The molecule has 2 nitrogen and oxygen atoms in total. The molecule has 1 heterocycles. The van der Waals surface area contributed by atoms with Crippen molar-refractivity contribution < 1.29 is 0 Å². The highest BCUT2D eigenvalue weighted by atomic mass is 15.2. The molecule has 4 saturated carbocycles. The third-order valence-corrected chi connectivity index (χ3v) is 7.53. The minimum Gasteiger partial charge on any atom is -0.315 e. The van der Waals surface area contributed by atoms with Gasteiger partial charge < -0.3 is 5.32 Å². The van der Waals surface area contributed by atoms with E-state index in [1.165, 1.54) is 51.6 Å². The molecule has 1 aliphatic heterocycles. The molecule has 0 spiro atoms. The summed E-state index contributed by atoms with van der Waals surface area (Å²) in [7, 11) is 2.23. The Morgan fingerprint density at radius 3 is 2.19 bits per heavy atom. The monoisotopic (exact) mass is 290 g/mol. The first-order valence-corrected chi connectivity index (χ1v) is 9.60. The lowest BCUT2D eigenvalue weighted by Gasteiger charge is -2.60. The van der Waals surface area contributed by atoms with E-state index >= 15 is 0 Å². The van der Waals surface area contributed by atoms with Crippen LogP contribution in [0.5, 0.6) is 0 Å². The molecular weight excluding hydrogens is 256 g/mol. The average Bonchev–Trinajstić information content (AvgIpc) is 2.44. The van der Waals surface area contributed by atoms with Gasteiger partial charge in [-0.1, -0.05) is 6.42 Å². The van der Waals surface area contributed by atoms with Crippen molar-refractivity contribution in [2.75, 3.05) is 20.1 Å². The predicted molar refractivity (Wildman–Crippen MR) is 88.3 cm³/mol. The Morgan fingerprint density at radius 2 is 1.67 bits per heavy atom. The predicted octanol–water partition coefficient (Wildman–Crippen LogP) is 3.67. The molecule has 1 saturated heterocycles. The fraction of sp³-hybridized carbons (Fsp3) is 1.00. The van der Waals surface area contributed by atoms with Gasteiger partial charge in [-0.3, -0.25) is 4.90 Å². The number of likely N-dealkylation sites (N-methyl/N-ethyl adjacent to an activating group) is 1. The largest absolute Gasteiger partial charge is 0.315 e. The van der Waals surface area contributed by atoms with Gasteiger partial charge in [0.1, 0.15) is 0 Å². The van der Waals surface area contributed by atoms with Gasteiger partial charge in [0.05, 0.1) is 0 Å². The fourth-order valence-electron chi connectivity index (χ4n) is 6.86. The van der Waals surface area contributed by atoms with Crippen LogP contribution in [0.3, 0.4) is 0 Å². The smallest absolute Gasteiger partial charge is 0.0248 e. The van der Waals surface area contributed by atoms with Gasteiger partial charge in [-0.2, -0.15) is 0 Å². The van der Waals surface area contributed by atoms with Crippen LogP contribution in [0.4, 0.5) is 0 Å². The van der Waals surface area contributed by atoms with E-state index < -0.39 is 0 Å². The minimum atomic E-state index is 0.653. The zero-order chi connectivity index (χ0) is 14.4. The van der Waals surface area contributed by atoms with Gasteiger partial charge in [-0.05, 0) is 95.1 Å². The first-order chi connectivity index (χ1) is 10.2. The Balaban J connectivity index is 1.50. The summed E-state index contributed by atoms with van der Waals surface area (Å²) in [6, 6.07) is 1.55. The molecule has 0 aromatic heterocycles. The molecule has 5 fully saturated rings. The standard InChI is InChI=1S/C19H34N2/c1-14-5-3-4-6-21(14)13-18(20-2)19-10-15-7-16(11-19)9-17(8-15)12-19/h14-18,20H,3-13H2,1-2H3. The highest BCUT2D eigenvalue weighted by Gasteiger charge is 2.54. The molecule has 4 bridgehead atoms. The highest BCUT2D eigenvalue weighted by molar-refractivity contribution is 5.06. The molecule has 5 rings (SSSR count). The summed E-state index contributed by atoms with van der Waals surface area (Å²) < 4.78 is 0. The van der Waals surface area contributed by atoms with Crippen molar-refractivity contribution in [1.29, 1.82) is 0 Å². The van der Waals surface area contributed by atoms with Crippen LogP contribution in [-0.2, 0) is 0 Å². The van der Waals surface area contributed by atoms with Crippen LogP contribution < -0.4 is 5.32 Å². The van der Waals surface area contributed by atoms with Crippen LogP contribution in [0.1, 0.15) is 64.7 Å². The number of rotatable bonds is 4. The zero-order valence-corrected chi connectivity index (χ0v) is 14.1. The third kappa shape index (κ3) is 2.57. The SMILES string of the molecule is CNC(CN1CCCCC1C)C12CC3CC(CC(C3)C1)C2. The van der Waals surface area contributed by atoms with Crippen molar-refractivity contribution in [2.45, 2.75) is 76.8 Å². The second kappa shape index (κ2) is 5.53. The number of hydrogen-bond acceptors (Lipinski definition) is 2. The van der Waals surface area contributed by atoms with Crippen LogP contribution in [0.2, 0.25) is 0 Å². The van der Waals surface area contributed by atoms with Gasteiger partial charge in [0.2, 0.25) is 0 Å². The van der Waals surface area contributed by atoms with Crippen LogP contribution in [0.15, 0.2) is 0 Å². The number of likely N-dealkylation sites (tertiary alicyclic amines) is 1. The molecule has 0 radical (unpaired) electrons. The molecule has 2 unspecified atom stereocenters. The van der Waals surface area contributed by atoms with Gasteiger partial charge in [-0.15, -0.1) is 0 Å². The second-order valence-electron chi connectivity index (χ2n) is 8.96. The number of nitrogens with one attached hydrogen (secondary N) is 1. The number of nitrogens with zero attached hydrogens (tertiary/aromatic N) is 1. The molecule has 0 amide bonds. The lowest BCUT2D eigenvalue weighted by molar-refractivity contribution is -0.0799. The Morgan fingerprint density at radius 1 is 1.05 bits per heavy atom. The summed E-state index contributed by atoms with van der Waals surface area (Å²) in [5, 5.41) is 3.79. The first-order valence-electron chi connectivity index (χ1n) is 9.60. The average molecular weight is 290 g/mol. The van der Waals surface area contributed by atoms with E-state index in [-0.39, 0.29) is 0 Å². The van der Waals surface area contributed by atoms with Gasteiger partial charge in [0.25, 0.3) is 0 Å². The maximum atomic E-state index is 3.79. The molecule has 1 N–H and O–H groups in total. The Labute approximate surface area is 131 Å². The lowest BCUT2D eigenvalue weighted by Crippen LogP contribution is -2.59. The summed E-state index contributed by atoms with van der Waals surface area (Å²) in [5.41, 5.74) is 0.653. The highest BCUT2D eigenvalue weighted by Crippen LogP contribution is 2.61. The van der Waals surface area contributed by atoms with E-state index in [1.54, 1.807) is 19.3 Å². The molecule has 120 valence electrons. The van der Waals surface area contributed by atoms with Gasteiger partial charge in [-0.25, -0.2) is 0 Å². The van der Waals surface area contributed by atoms with Crippen LogP contribution in [-0.4, -0.2) is 37.1 Å². The second-order valence-corrected chi connectivity index (χ2v) is 8.96. The van der Waals surface area contributed by atoms with E-state index in [2.05, 4.69) is 24.2 Å². The van der Waals surface area contributed by atoms with Crippen molar-refractivity contribution in [3.05, 3.63) is 0 Å². The molecule has 0 aromatic rings. The quantitative estimate of drug-likeness (QED) is 0.850.